The van der Waals surface area contributed by atoms with E-state index in [-0.39, 0.29) is 5.56 Å². The van der Waals surface area contributed by atoms with Crippen molar-refractivity contribution in [2.75, 3.05) is 26.3 Å². The number of fused-ring (bicyclic) bond motifs is 1. The minimum absolute atomic E-state index is 0.167. The molecule has 0 aromatic heterocycles. The van der Waals surface area contributed by atoms with E-state index in [2.05, 4.69) is 4.90 Å². The maximum atomic E-state index is 10.9. The van der Waals surface area contributed by atoms with E-state index in [4.69, 9.17) is 26.2 Å². The lowest BCUT2D eigenvalue weighted by molar-refractivity contribution is -0.0901. The van der Waals surface area contributed by atoms with Crippen LogP contribution in [0.4, 0.5) is 0 Å². The van der Waals surface area contributed by atoms with Crippen molar-refractivity contribution >= 4 is 17.6 Å². The number of carboxylic acid groups (broad SMARTS) is 1. The predicted octanol–water partition coefficient (Wildman–Crippen LogP) is 3.06. The molecule has 1 saturated heterocycles. The molecule has 2 aliphatic rings. The van der Waals surface area contributed by atoms with Crippen molar-refractivity contribution in [3.05, 3.63) is 28.8 Å². The van der Waals surface area contributed by atoms with Crippen LogP contribution < -0.4 is 4.74 Å². The molecule has 126 valence electrons. The molecule has 2 fully saturated rings. The first-order chi connectivity index (χ1) is 11.1. The van der Waals surface area contributed by atoms with E-state index >= 15 is 0 Å². The summed E-state index contributed by atoms with van der Waals surface area (Å²) in [6.07, 6.45) is 5.25. The van der Waals surface area contributed by atoms with Crippen molar-refractivity contribution in [2.24, 2.45) is 0 Å². The van der Waals surface area contributed by atoms with Crippen molar-refractivity contribution in [3.63, 3.8) is 0 Å². The molecule has 1 aliphatic carbocycles. The van der Waals surface area contributed by atoms with Gasteiger partial charge in [0.1, 0.15) is 12.4 Å². The van der Waals surface area contributed by atoms with E-state index in [1.165, 1.54) is 31.4 Å². The van der Waals surface area contributed by atoms with Crippen molar-refractivity contribution in [1.82, 2.24) is 4.90 Å². The molecule has 1 N–H and O–H groups in total. The second-order valence-electron chi connectivity index (χ2n) is 6.10. The summed E-state index contributed by atoms with van der Waals surface area (Å²) in [4.78, 5) is 13.4. The highest BCUT2D eigenvalue weighted by Gasteiger charge is 2.33. The quantitative estimate of drug-likeness (QED) is 0.893. The van der Waals surface area contributed by atoms with Crippen molar-refractivity contribution in [1.29, 1.82) is 0 Å². The number of hydrogen-bond donors (Lipinski definition) is 1. The summed E-state index contributed by atoms with van der Waals surface area (Å²) in [7, 11) is 0. The molecule has 3 rings (SSSR count). The van der Waals surface area contributed by atoms with Crippen molar-refractivity contribution in [3.8, 4) is 5.75 Å². The summed E-state index contributed by atoms with van der Waals surface area (Å²) in [5.74, 6) is -0.458. The second kappa shape index (κ2) is 7.51. The zero-order valence-electron chi connectivity index (χ0n) is 13.0. The molecule has 1 aromatic carbocycles. The number of nitrogens with zero attached hydrogens (tertiary/aromatic N) is 1. The number of ether oxygens (including phenoxy) is 2. The normalized spacial score (nSPS) is 24.9. The Morgan fingerprint density at radius 1 is 1.39 bits per heavy atom. The summed E-state index contributed by atoms with van der Waals surface area (Å²) in [5, 5.41) is 9.27. The predicted molar refractivity (Wildman–Crippen MR) is 87.5 cm³/mol. The van der Waals surface area contributed by atoms with E-state index in [0.717, 1.165) is 26.1 Å². The molecule has 2 unspecified atom stereocenters. The standard InChI is InChI=1S/C17H22ClNO4/c18-13-11-12(17(20)21)5-6-15(13)22-9-7-19-8-10-23-16-4-2-1-3-14(16)19/h5-6,11,14,16H,1-4,7-10H2,(H,20,21). The van der Waals surface area contributed by atoms with Crippen molar-refractivity contribution < 1.29 is 19.4 Å². The van der Waals surface area contributed by atoms with Crippen LogP contribution in [0.2, 0.25) is 5.02 Å². The van der Waals surface area contributed by atoms with Gasteiger partial charge in [0, 0.05) is 19.1 Å². The number of hydrogen-bond acceptors (Lipinski definition) is 4. The van der Waals surface area contributed by atoms with Crippen LogP contribution in [-0.2, 0) is 4.74 Å². The number of morpholine rings is 1. The Morgan fingerprint density at radius 2 is 2.22 bits per heavy atom. The van der Waals surface area contributed by atoms with Gasteiger partial charge in [0.2, 0.25) is 0 Å². The zero-order chi connectivity index (χ0) is 16.2. The van der Waals surface area contributed by atoms with Crippen LogP contribution in [0.25, 0.3) is 0 Å². The lowest BCUT2D eigenvalue weighted by Gasteiger charge is -2.43. The summed E-state index contributed by atoms with van der Waals surface area (Å²) in [6.45, 7) is 3.10. The van der Waals surface area contributed by atoms with Gasteiger partial charge >= 0.3 is 5.97 Å². The van der Waals surface area contributed by atoms with Gasteiger partial charge in [-0.2, -0.15) is 0 Å². The van der Waals surface area contributed by atoms with Crippen LogP contribution in [0.5, 0.6) is 5.75 Å². The maximum absolute atomic E-state index is 10.9. The first-order valence-corrected chi connectivity index (χ1v) is 8.54. The van der Waals surface area contributed by atoms with Gasteiger partial charge in [-0.3, -0.25) is 4.90 Å². The highest BCUT2D eigenvalue weighted by Crippen LogP contribution is 2.29. The summed E-state index contributed by atoms with van der Waals surface area (Å²) < 4.78 is 11.6. The minimum atomic E-state index is -0.991. The van der Waals surface area contributed by atoms with Gasteiger partial charge in [0.25, 0.3) is 0 Å². The molecule has 0 radical (unpaired) electrons. The summed E-state index contributed by atoms with van der Waals surface area (Å²) in [5.41, 5.74) is 0.167. The Balaban J connectivity index is 1.53. The third kappa shape index (κ3) is 3.97. The highest BCUT2D eigenvalue weighted by atomic mass is 35.5. The fourth-order valence-electron chi connectivity index (χ4n) is 3.48. The molecule has 0 bridgehead atoms. The third-order valence-corrected chi connectivity index (χ3v) is 4.96. The molecule has 0 spiro atoms. The lowest BCUT2D eigenvalue weighted by atomic mass is 9.90. The van der Waals surface area contributed by atoms with E-state index in [1.807, 2.05) is 0 Å². The first kappa shape index (κ1) is 16.6. The molecule has 6 heteroatoms. The van der Waals surface area contributed by atoms with E-state index in [0.29, 0.717) is 29.5 Å². The van der Waals surface area contributed by atoms with Crippen LogP contribution in [0.15, 0.2) is 18.2 Å². The molecule has 1 aliphatic heterocycles. The molecule has 2 atom stereocenters. The van der Waals surface area contributed by atoms with Gasteiger partial charge in [-0.05, 0) is 31.0 Å². The van der Waals surface area contributed by atoms with Crippen LogP contribution in [0.3, 0.4) is 0 Å². The van der Waals surface area contributed by atoms with Gasteiger partial charge in [-0.15, -0.1) is 0 Å². The fraction of sp³-hybridized carbons (Fsp3) is 0.588. The van der Waals surface area contributed by atoms with Gasteiger partial charge in [0.15, 0.2) is 0 Å². The largest absolute Gasteiger partial charge is 0.491 e. The van der Waals surface area contributed by atoms with Crippen LogP contribution in [0, 0.1) is 0 Å². The third-order valence-electron chi connectivity index (χ3n) is 4.66. The summed E-state index contributed by atoms with van der Waals surface area (Å²) in [6, 6.07) is 5.06. The summed E-state index contributed by atoms with van der Waals surface area (Å²) >= 11 is 6.08. The number of carboxylic acids is 1. The number of rotatable bonds is 5. The van der Waals surface area contributed by atoms with E-state index in [9.17, 15) is 4.79 Å². The fourth-order valence-corrected chi connectivity index (χ4v) is 3.71. The van der Waals surface area contributed by atoms with Crippen LogP contribution >= 0.6 is 11.6 Å². The molecule has 0 amide bonds. The minimum Gasteiger partial charge on any atom is -0.491 e. The molecule has 1 saturated carbocycles. The van der Waals surface area contributed by atoms with Gasteiger partial charge in [-0.25, -0.2) is 4.79 Å². The molecular formula is C17H22ClNO4. The molecule has 23 heavy (non-hydrogen) atoms. The Kier molecular flexibility index (Phi) is 5.41. The monoisotopic (exact) mass is 339 g/mol. The van der Waals surface area contributed by atoms with Gasteiger partial charge < -0.3 is 14.6 Å². The van der Waals surface area contributed by atoms with Crippen LogP contribution in [-0.4, -0.2) is 54.4 Å². The Morgan fingerprint density at radius 3 is 3.00 bits per heavy atom. The maximum Gasteiger partial charge on any atom is 0.335 e. The first-order valence-electron chi connectivity index (χ1n) is 8.16. The SMILES string of the molecule is O=C(O)c1ccc(OCCN2CCOC3CCCCC32)c(Cl)c1. The Hall–Kier alpha value is -1.30. The van der Waals surface area contributed by atoms with Gasteiger partial charge in [0.05, 0.1) is 23.3 Å². The highest BCUT2D eigenvalue weighted by molar-refractivity contribution is 6.32. The number of carbonyl (C=O) groups is 1. The number of benzene rings is 1. The van der Waals surface area contributed by atoms with Crippen molar-refractivity contribution in [2.45, 2.75) is 37.8 Å². The van der Waals surface area contributed by atoms with E-state index in [1.54, 1.807) is 6.07 Å². The average Bonchev–Trinajstić information content (AvgIpc) is 2.56. The second-order valence-corrected chi connectivity index (χ2v) is 6.50. The number of aromatic carboxylic acids is 1. The zero-order valence-corrected chi connectivity index (χ0v) is 13.8. The molecular weight excluding hydrogens is 318 g/mol. The average molecular weight is 340 g/mol. The Labute approximate surface area is 141 Å². The topological polar surface area (TPSA) is 59.0 Å². The van der Waals surface area contributed by atoms with E-state index < -0.39 is 5.97 Å². The lowest BCUT2D eigenvalue weighted by Crippen LogP contribution is -2.53. The molecule has 5 nitrogen and oxygen atoms in total. The van der Waals surface area contributed by atoms with Crippen LogP contribution in [0.1, 0.15) is 36.0 Å². The number of halogens is 1. The molecule has 1 heterocycles. The smallest absolute Gasteiger partial charge is 0.335 e. The Bertz CT molecular complexity index is 564. The van der Waals surface area contributed by atoms with Gasteiger partial charge in [-0.1, -0.05) is 24.4 Å². The molecule has 1 aromatic rings.